The Morgan fingerprint density at radius 1 is 0.389 bits per heavy atom. The van der Waals surface area contributed by atoms with Crippen LogP contribution in [0.1, 0.15) is 97.5 Å². The van der Waals surface area contributed by atoms with Crippen molar-refractivity contribution in [3.05, 3.63) is 285 Å². The summed E-state index contributed by atoms with van der Waals surface area (Å²) in [6.07, 6.45) is 20.9. The normalized spacial score (nSPS) is 11.5. The van der Waals surface area contributed by atoms with Crippen molar-refractivity contribution in [2.24, 2.45) is 56.9 Å². The smallest absolute Gasteiger partial charge is 0.217 e. The molecule has 0 bridgehead atoms. The third-order valence-electron chi connectivity index (χ3n) is 23.0. The van der Waals surface area contributed by atoms with Gasteiger partial charge in [0.05, 0.1) is 75.2 Å². The molecule has 0 radical (unpaired) electrons. The van der Waals surface area contributed by atoms with Crippen LogP contribution in [0.3, 0.4) is 0 Å². The van der Waals surface area contributed by atoms with E-state index in [1.54, 1.807) is 51.6 Å². The standard InChI is InChI=1S/C25H29FN6O2.C24H29FN6O3S.C23H27FN6O.C23H26FN5O2/c1-16-20(23(30-31(16)3)14-28-17(2)33)10-12-34-25-21(5-4-6-22(25)26)18-7-8-24-29-13-19(9-11-27)32(24)15-18;1-16-19(22(29-30(16)2)14-28-35(3,32)33)10-12-34-24-20(5-4-6-21(24)25)17-7-8-23-27-13-18(9-11-26)31(23)15-17;1-15-18(21(12-26)28-29(15)2)9-11-31-23-19(4-3-5-20(23)24)16-6-7-22-27-13-17(8-10-25)30(22)14-16;1-15-18(21(14-30)27-28(15)2)9-11-31-23-19(4-3-5-20(23)24)16-6-7-22-26-12-17(8-10-25)29(22)13-16/h4-8,13,15H,9-12,14,27H2,1-3H3,(H,28,33);4-8,13,15,28H,9-12,14,26H2,1-3H3;3-7,13-14H,8-12,25-26H2,1-2H3;3-7,12-13,30H,8-11,14,25H2,1-2H3. The molecule has 131 heavy (non-hydrogen) atoms. The first-order valence-electron chi connectivity index (χ1n) is 43.0. The fraction of sp³-hybridized carbons (Fsp3) is 0.316. The van der Waals surface area contributed by atoms with Crippen molar-refractivity contribution in [2.45, 2.75) is 112 Å². The van der Waals surface area contributed by atoms with E-state index in [1.807, 2.05) is 187 Å². The van der Waals surface area contributed by atoms with Crippen molar-refractivity contribution in [1.29, 1.82) is 0 Å². The molecule has 0 saturated heterocycles. The molecule has 0 atom stereocenters. The summed E-state index contributed by atoms with van der Waals surface area (Å²) in [4.78, 5) is 28.9. The van der Waals surface area contributed by atoms with E-state index < -0.39 is 33.3 Å². The van der Waals surface area contributed by atoms with Gasteiger partial charge in [-0.2, -0.15) is 20.4 Å². The fourth-order valence-electron chi connectivity index (χ4n) is 15.8. The number of fused-ring (bicyclic) bond motifs is 4. The zero-order valence-corrected chi connectivity index (χ0v) is 75.9. The minimum absolute atomic E-state index is 0.0802. The second-order valence-electron chi connectivity index (χ2n) is 31.5. The van der Waals surface area contributed by atoms with Gasteiger partial charge in [0.25, 0.3) is 0 Å². The van der Waals surface area contributed by atoms with Crippen LogP contribution in [0.4, 0.5) is 17.6 Å². The molecule has 4 aromatic carbocycles. The topological polar surface area (TPSA) is 403 Å². The highest BCUT2D eigenvalue weighted by atomic mass is 32.2. The number of amides is 1. The zero-order chi connectivity index (χ0) is 93.3. The summed E-state index contributed by atoms with van der Waals surface area (Å²) in [5, 5.41) is 30.0. The summed E-state index contributed by atoms with van der Waals surface area (Å²) >= 11 is 0. The quantitative estimate of drug-likeness (QED) is 0.0171. The third kappa shape index (κ3) is 22.4. The number of rotatable bonds is 35. The second kappa shape index (κ2) is 43.3. The van der Waals surface area contributed by atoms with E-state index in [-0.39, 0.29) is 61.9 Å². The first-order valence-corrected chi connectivity index (χ1v) is 44.9. The number of carbonyl (C=O) groups is 1. The minimum atomic E-state index is -3.36. The number of benzene rings is 4. The maximum Gasteiger partial charge on any atom is 0.217 e. The van der Waals surface area contributed by atoms with Crippen molar-refractivity contribution in [3.8, 4) is 67.5 Å². The number of hydrogen-bond donors (Lipinski definition) is 8. The monoisotopic (exact) mass is 1810 g/mol. The lowest BCUT2D eigenvalue weighted by Crippen LogP contribution is -2.22. The molecule has 0 saturated carbocycles. The molecule has 0 aliphatic heterocycles. The third-order valence-corrected chi connectivity index (χ3v) is 23.6. The number of halogens is 4. The van der Waals surface area contributed by atoms with E-state index in [4.69, 9.17) is 47.6 Å². The van der Waals surface area contributed by atoms with E-state index >= 15 is 0 Å². The highest BCUT2D eigenvalue weighted by Crippen LogP contribution is 2.39. The van der Waals surface area contributed by atoms with Crippen molar-refractivity contribution in [2.75, 3.05) is 58.9 Å². The van der Waals surface area contributed by atoms with E-state index in [2.05, 4.69) is 50.4 Å². The zero-order valence-electron chi connectivity index (χ0n) is 75.1. The lowest BCUT2D eigenvalue weighted by atomic mass is 10.1. The number of hydrogen-bond acceptors (Lipinski definition) is 21. The summed E-state index contributed by atoms with van der Waals surface area (Å²) in [6.45, 7) is 13.0. The number of aryl methyl sites for hydroxylation is 4. The van der Waals surface area contributed by atoms with Gasteiger partial charge in [-0.3, -0.25) is 23.5 Å². The van der Waals surface area contributed by atoms with Crippen molar-refractivity contribution >= 4 is 38.5 Å². The molecule has 0 aliphatic carbocycles. The Kier molecular flexibility index (Phi) is 31.4. The Morgan fingerprint density at radius 3 is 0.924 bits per heavy atom. The average molecular weight is 1810 g/mol. The molecule has 36 heteroatoms. The lowest BCUT2D eigenvalue weighted by molar-refractivity contribution is -0.119. The van der Waals surface area contributed by atoms with Crippen molar-refractivity contribution < 1.29 is 54.8 Å². The fourth-order valence-corrected chi connectivity index (χ4v) is 16.2. The number of nitrogens with two attached hydrogens (primary N) is 5. The van der Waals surface area contributed by atoms with Gasteiger partial charge in [-0.25, -0.2) is 50.6 Å². The van der Waals surface area contributed by atoms with E-state index in [0.29, 0.717) is 131 Å². The van der Waals surface area contributed by atoms with Crippen LogP contribution in [0.5, 0.6) is 23.0 Å². The van der Waals surface area contributed by atoms with Crippen LogP contribution in [-0.2, 0) is 121 Å². The molecule has 0 spiro atoms. The summed E-state index contributed by atoms with van der Waals surface area (Å²) in [6, 6.07) is 34.8. The van der Waals surface area contributed by atoms with Gasteiger partial charge >= 0.3 is 0 Å². The van der Waals surface area contributed by atoms with Gasteiger partial charge in [-0.1, -0.05) is 48.5 Å². The minimum Gasteiger partial charge on any atom is -0.490 e. The number of imidazole rings is 4. The largest absolute Gasteiger partial charge is 0.490 e. The highest BCUT2D eigenvalue weighted by Gasteiger charge is 2.24. The number of ether oxygens (including phenoxy) is 4. The molecule has 688 valence electrons. The summed E-state index contributed by atoms with van der Waals surface area (Å²) < 4.78 is 123. The number of para-hydroxylation sites is 4. The molecule has 0 aliphatic rings. The maximum atomic E-state index is 14.9. The Morgan fingerprint density at radius 2 is 0.656 bits per heavy atom. The molecule has 16 rings (SSSR count). The van der Waals surface area contributed by atoms with E-state index in [1.165, 1.54) is 31.2 Å². The molecule has 12 heterocycles. The summed E-state index contributed by atoms with van der Waals surface area (Å²) in [5.74, 6) is -1.03. The van der Waals surface area contributed by atoms with Gasteiger partial charge in [0.2, 0.25) is 15.9 Å². The molecule has 0 unspecified atom stereocenters. The summed E-state index contributed by atoms with van der Waals surface area (Å²) in [5.41, 5.74) is 52.4. The Hall–Kier alpha value is -13.5. The second-order valence-corrected chi connectivity index (χ2v) is 33.3. The number of nitrogens with zero attached hydrogens (tertiary/aromatic N) is 16. The number of aromatic nitrogens is 16. The molecule has 31 nitrogen and oxygen atoms in total. The van der Waals surface area contributed by atoms with Crippen LogP contribution in [0, 0.1) is 51.0 Å². The van der Waals surface area contributed by atoms with Crippen molar-refractivity contribution in [1.82, 2.24) is 86.7 Å². The molecular weight excluding hydrogens is 1700 g/mol. The van der Waals surface area contributed by atoms with Gasteiger partial charge in [-0.05, 0) is 127 Å². The first kappa shape index (κ1) is 95.1. The average Bonchev–Trinajstić information content (AvgIpc) is 1.76. The number of aliphatic hydroxyl groups excluding tert-OH is 1. The first-order chi connectivity index (χ1) is 63.1. The predicted molar refractivity (Wildman–Crippen MR) is 495 cm³/mol. The van der Waals surface area contributed by atoms with Crippen molar-refractivity contribution in [3.63, 3.8) is 0 Å². The molecule has 12 aromatic heterocycles. The van der Waals surface area contributed by atoms with Gasteiger partial charge in [0, 0.05) is 255 Å². The Balaban J connectivity index is 0.000000149. The van der Waals surface area contributed by atoms with Crippen LogP contribution < -0.4 is 57.7 Å². The summed E-state index contributed by atoms with van der Waals surface area (Å²) in [7, 11) is 4.01. The number of aliphatic hydroxyl groups is 1. The molecule has 1 amide bonds. The predicted octanol–water partition coefficient (Wildman–Crippen LogP) is 10.9. The van der Waals surface area contributed by atoms with Gasteiger partial charge in [-0.15, -0.1) is 0 Å². The van der Waals surface area contributed by atoms with Crippen LogP contribution in [0.25, 0.3) is 67.1 Å². The van der Waals surface area contributed by atoms with Gasteiger partial charge in [0.15, 0.2) is 46.3 Å². The van der Waals surface area contributed by atoms with E-state index in [0.717, 1.165) is 130 Å². The van der Waals surface area contributed by atoms with Crippen LogP contribution in [0.2, 0.25) is 0 Å². The molecular formula is C95H111F4N23O8S. The SMILES string of the molecule is CC(=O)NCc1nn(C)c(C)c1CCOc1c(F)cccc1-c1ccc2ncc(CCN)n2c1.Cc1c(CCOc2c(F)cccc2-c2ccc3ncc(CCN)n3c2)c(CN)nn1C.Cc1c(CCOc2c(F)cccc2-c2ccc3ncc(CCN)n3c2)c(CNS(C)(=O)=O)nn1C.Cc1c(CCOc2c(F)cccc2-c2ccc3ncc(CCN)n3c2)c(CO)nn1C. The number of sulfonamides is 1. The van der Waals surface area contributed by atoms with Gasteiger partial charge < -0.3 is 75.6 Å². The molecule has 13 N–H and O–H groups in total. The van der Waals surface area contributed by atoms with E-state index in [9.17, 15) is 35.9 Å². The Labute approximate surface area is 756 Å². The van der Waals surface area contributed by atoms with Crippen LogP contribution in [0.15, 0.2) is 171 Å². The Bertz CT molecular complexity index is 6640. The number of nitrogens with one attached hydrogen (secondary N) is 2. The van der Waals surface area contributed by atoms with Gasteiger partial charge in [0.1, 0.15) is 22.6 Å². The highest BCUT2D eigenvalue weighted by molar-refractivity contribution is 7.88. The lowest BCUT2D eigenvalue weighted by Gasteiger charge is -2.14. The van der Waals surface area contributed by atoms with Crippen LogP contribution >= 0.6 is 0 Å². The van der Waals surface area contributed by atoms with Crippen LogP contribution in [-0.4, -0.2) is 155 Å². The number of carbonyl (C=O) groups excluding carboxylic acids is 1. The maximum absolute atomic E-state index is 14.9. The molecule has 0 fully saturated rings. The number of pyridine rings is 4. The molecule has 16 aromatic rings.